The predicted molar refractivity (Wildman–Crippen MR) is 77.4 cm³/mol. The summed E-state index contributed by atoms with van der Waals surface area (Å²) in [7, 11) is 3.59. The van der Waals surface area contributed by atoms with E-state index in [0.717, 1.165) is 17.5 Å². The maximum absolute atomic E-state index is 10.7. The van der Waals surface area contributed by atoms with Crippen molar-refractivity contribution in [2.45, 2.75) is 20.8 Å². The summed E-state index contributed by atoms with van der Waals surface area (Å²) in [6.07, 6.45) is 2.56. The molecule has 21 heavy (non-hydrogen) atoms. The van der Waals surface area contributed by atoms with Crippen LogP contribution in [0.5, 0.6) is 11.6 Å². The topological polar surface area (TPSA) is 82.2 Å². The van der Waals surface area contributed by atoms with Crippen molar-refractivity contribution in [3.8, 4) is 11.6 Å². The lowest BCUT2D eigenvalue weighted by atomic mass is 10.2. The lowest BCUT2D eigenvalue weighted by Crippen LogP contribution is -1.98. The number of nitrogens with zero attached hydrogens (tertiary/aromatic N) is 4. The summed E-state index contributed by atoms with van der Waals surface area (Å²) in [5, 5.41) is 17.3. The van der Waals surface area contributed by atoms with Crippen LogP contribution in [0.1, 0.15) is 22.6 Å². The highest BCUT2D eigenvalue weighted by atomic mass is 16.5. The summed E-state index contributed by atoms with van der Waals surface area (Å²) in [5.41, 5.74) is 2.99. The quantitative estimate of drug-likeness (QED) is 0.870. The molecule has 2 rings (SSSR count). The first-order valence-corrected chi connectivity index (χ1v) is 6.44. The van der Waals surface area contributed by atoms with E-state index >= 15 is 0 Å². The molecule has 2 heterocycles. The monoisotopic (exact) mass is 290 g/mol. The zero-order valence-corrected chi connectivity index (χ0v) is 12.7. The largest absolute Gasteiger partial charge is 0.478 e. The summed E-state index contributed by atoms with van der Waals surface area (Å²) in [6.45, 7) is 5.57. The van der Waals surface area contributed by atoms with Gasteiger partial charge in [-0.05, 0) is 26.8 Å². The Morgan fingerprint density at radius 3 is 2.29 bits per heavy atom. The SMILES string of the molecule is Cc1nn(C)c(Oc2c(C)nn(C)c2C)c1C=CC(=O)O. The molecule has 7 nitrogen and oxygen atoms in total. The molecule has 0 unspecified atom stereocenters. The van der Waals surface area contributed by atoms with E-state index in [2.05, 4.69) is 10.2 Å². The molecule has 0 aromatic carbocycles. The Bertz CT molecular complexity index is 725. The van der Waals surface area contributed by atoms with Crippen molar-refractivity contribution in [2.24, 2.45) is 14.1 Å². The van der Waals surface area contributed by atoms with Crippen molar-refractivity contribution in [1.29, 1.82) is 0 Å². The van der Waals surface area contributed by atoms with Gasteiger partial charge in [0.1, 0.15) is 5.69 Å². The number of carbonyl (C=O) groups is 1. The smallest absolute Gasteiger partial charge is 0.328 e. The first kappa shape index (κ1) is 14.8. The van der Waals surface area contributed by atoms with Crippen LogP contribution >= 0.6 is 0 Å². The normalized spacial score (nSPS) is 11.3. The van der Waals surface area contributed by atoms with Crippen molar-refractivity contribution in [1.82, 2.24) is 19.6 Å². The molecule has 0 aliphatic carbocycles. The summed E-state index contributed by atoms with van der Waals surface area (Å²) in [6, 6.07) is 0. The molecule has 0 spiro atoms. The number of ether oxygens (including phenoxy) is 1. The number of rotatable bonds is 4. The van der Waals surface area contributed by atoms with Gasteiger partial charge in [0.15, 0.2) is 5.75 Å². The number of aromatic nitrogens is 4. The van der Waals surface area contributed by atoms with Gasteiger partial charge in [0.05, 0.1) is 17.0 Å². The molecule has 0 aliphatic heterocycles. The third-order valence-corrected chi connectivity index (χ3v) is 3.25. The number of hydrogen-bond acceptors (Lipinski definition) is 4. The highest BCUT2D eigenvalue weighted by Crippen LogP contribution is 2.32. The molecule has 0 saturated heterocycles. The molecule has 2 aromatic heterocycles. The van der Waals surface area contributed by atoms with Gasteiger partial charge >= 0.3 is 5.97 Å². The molecule has 0 radical (unpaired) electrons. The molecule has 0 aliphatic rings. The van der Waals surface area contributed by atoms with E-state index in [-0.39, 0.29) is 0 Å². The second-order valence-corrected chi connectivity index (χ2v) is 4.83. The van der Waals surface area contributed by atoms with Gasteiger partial charge < -0.3 is 9.84 Å². The van der Waals surface area contributed by atoms with Crippen molar-refractivity contribution >= 4 is 12.0 Å². The number of carboxylic acids is 1. The minimum absolute atomic E-state index is 0.490. The Labute approximate surface area is 122 Å². The average molecular weight is 290 g/mol. The van der Waals surface area contributed by atoms with Crippen LogP contribution in [0, 0.1) is 20.8 Å². The lowest BCUT2D eigenvalue weighted by molar-refractivity contribution is -0.131. The number of aliphatic carboxylic acids is 1. The predicted octanol–water partition coefficient (Wildman–Crippen LogP) is 1.97. The van der Waals surface area contributed by atoms with Gasteiger partial charge in [-0.2, -0.15) is 10.2 Å². The van der Waals surface area contributed by atoms with Crippen molar-refractivity contribution < 1.29 is 14.6 Å². The van der Waals surface area contributed by atoms with Crippen LogP contribution in [0.25, 0.3) is 6.08 Å². The number of carboxylic acid groups (broad SMARTS) is 1. The molecule has 0 bridgehead atoms. The Balaban J connectivity index is 2.47. The zero-order valence-electron chi connectivity index (χ0n) is 12.7. The Kier molecular flexibility index (Phi) is 3.84. The van der Waals surface area contributed by atoms with Gasteiger partial charge in [-0.1, -0.05) is 0 Å². The third-order valence-electron chi connectivity index (χ3n) is 3.25. The van der Waals surface area contributed by atoms with E-state index in [1.807, 2.05) is 20.9 Å². The van der Waals surface area contributed by atoms with E-state index in [1.54, 1.807) is 23.3 Å². The van der Waals surface area contributed by atoms with Crippen LogP contribution in [0.2, 0.25) is 0 Å². The molecule has 0 saturated carbocycles. The van der Waals surface area contributed by atoms with Crippen LogP contribution in [-0.4, -0.2) is 30.6 Å². The van der Waals surface area contributed by atoms with E-state index in [4.69, 9.17) is 9.84 Å². The molecule has 0 fully saturated rings. The molecule has 112 valence electrons. The number of aryl methyl sites for hydroxylation is 4. The fraction of sp³-hybridized carbons (Fsp3) is 0.357. The second kappa shape index (κ2) is 5.43. The fourth-order valence-electron chi connectivity index (χ4n) is 2.12. The van der Waals surface area contributed by atoms with E-state index in [9.17, 15) is 4.79 Å². The standard InChI is InChI=1S/C14H18N4O3/c1-8-11(6-7-12(19)20)14(18(5)15-8)21-13-9(2)16-17(4)10(13)3/h6-7H,1-5H3,(H,19,20). The van der Waals surface area contributed by atoms with Crippen molar-refractivity contribution in [3.05, 3.63) is 28.7 Å². The molecular formula is C14H18N4O3. The van der Waals surface area contributed by atoms with Crippen LogP contribution < -0.4 is 4.74 Å². The van der Waals surface area contributed by atoms with Gasteiger partial charge in [-0.15, -0.1) is 0 Å². The minimum atomic E-state index is -1.02. The number of hydrogen-bond donors (Lipinski definition) is 1. The van der Waals surface area contributed by atoms with Crippen molar-refractivity contribution in [2.75, 3.05) is 0 Å². The van der Waals surface area contributed by atoms with Gasteiger partial charge in [0, 0.05) is 20.2 Å². The highest BCUT2D eigenvalue weighted by Gasteiger charge is 2.18. The molecule has 7 heteroatoms. The Morgan fingerprint density at radius 2 is 1.76 bits per heavy atom. The van der Waals surface area contributed by atoms with E-state index < -0.39 is 5.97 Å². The van der Waals surface area contributed by atoms with Crippen molar-refractivity contribution in [3.63, 3.8) is 0 Å². The summed E-state index contributed by atoms with van der Waals surface area (Å²) in [5.74, 6) is 0.132. The minimum Gasteiger partial charge on any atom is -0.478 e. The first-order chi connectivity index (χ1) is 9.81. The zero-order chi connectivity index (χ0) is 15.7. The van der Waals surface area contributed by atoms with Gasteiger partial charge in [0.2, 0.25) is 5.88 Å². The Morgan fingerprint density at radius 1 is 1.14 bits per heavy atom. The molecule has 0 amide bonds. The summed E-state index contributed by atoms with van der Waals surface area (Å²) in [4.78, 5) is 10.7. The average Bonchev–Trinajstić information content (AvgIpc) is 2.78. The highest BCUT2D eigenvalue weighted by molar-refractivity contribution is 5.86. The fourth-order valence-corrected chi connectivity index (χ4v) is 2.12. The first-order valence-electron chi connectivity index (χ1n) is 6.44. The van der Waals surface area contributed by atoms with Gasteiger partial charge in [-0.25, -0.2) is 9.48 Å². The molecule has 1 N–H and O–H groups in total. The Hall–Kier alpha value is -2.57. The maximum atomic E-state index is 10.7. The molecular weight excluding hydrogens is 272 g/mol. The van der Waals surface area contributed by atoms with E-state index in [1.165, 1.54) is 6.08 Å². The third kappa shape index (κ3) is 2.81. The van der Waals surface area contributed by atoms with Crippen LogP contribution in [0.4, 0.5) is 0 Å². The maximum Gasteiger partial charge on any atom is 0.328 e. The van der Waals surface area contributed by atoms with Crippen LogP contribution in [-0.2, 0) is 18.9 Å². The van der Waals surface area contributed by atoms with E-state index in [0.29, 0.717) is 22.9 Å². The van der Waals surface area contributed by atoms with Crippen LogP contribution in [0.15, 0.2) is 6.08 Å². The second-order valence-electron chi connectivity index (χ2n) is 4.83. The molecule has 0 atom stereocenters. The summed E-state index contributed by atoms with van der Waals surface area (Å²) < 4.78 is 9.27. The van der Waals surface area contributed by atoms with Gasteiger partial charge in [-0.3, -0.25) is 4.68 Å². The molecule has 2 aromatic rings. The lowest BCUT2D eigenvalue weighted by Gasteiger charge is -2.07. The summed E-state index contributed by atoms with van der Waals surface area (Å²) >= 11 is 0. The van der Waals surface area contributed by atoms with Crippen LogP contribution in [0.3, 0.4) is 0 Å². The van der Waals surface area contributed by atoms with Gasteiger partial charge in [0.25, 0.3) is 0 Å².